The molecule has 19 heavy (non-hydrogen) atoms. The van der Waals surface area contributed by atoms with Gasteiger partial charge in [-0.2, -0.15) is 0 Å². The van der Waals surface area contributed by atoms with Gasteiger partial charge < -0.3 is 20.9 Å². The van der Waals surface area contributed by atoms with E-state index in [0.717, 1.165) is 24.3 Å². The molecule has 1 aliphatic carbocycles. The number of ether oxygens (including phenoxy) is 1. The number of nitrogens with one attached hydrogen (secondary N) is 1. The highest BCUT2D eigenvalue weighted by molar-refractivity contribution is 5.61. The third kappa shape index (κ3) is 3.53. The standard InChI is InChI=1S/C15H24N2O2/c1-2-19-15-9-12(7-8-13(15)16)17-14-6-4-3-5-11(14)10-18/h7-9,11,14,17-18H,2-6,10,16H2,1H3. The van der Waals surface area contributed by atoms with Gasteiger partial charge in [0.2, 0.25) is 0 Å². The summed E-state index contributed by atoms with van der Waals surface area (Å²) in [5.74, 6) is 1.07. The molecule has 1 aromatic carbocycles. The van der Waals surface area contributed by atoms with Crippen molar-refractivity contribution in [3.63, 3.8) is 0 Å². The maximum Gasteiger partial charge on any atom is 0.144 e. The molecule has 1 fully saturated rings. The Hall–Kier alpha value is -1.42. The molecule has 1 aliphatic rings. The topological polar surface area (TPSA) is 67.5 Å². The Labute approximate surface area is 115 Å². The lowest BCUT2D eigenvalue weighted by molar-refractivity contribution is 0.178. The highest BCUT2D eigenvalue weighted by Crippen LogP contribution is 2.30. The van der Waals surface area contributed by atoms with Crippen LogP contribution in [0.5, 0.6) is 5.75 Å². The van der Waals surface area contributed by atoms with Crippen molar-refractivity contribution in [2.45, 2.75) is 38.6 Å². The highest BCUT2D eigenvalue weighted by atomic mass is 16.5. The minimum absolute atomic E-state index is 0.255. The van der Waals surface area contributed by atoms with Crippen molar-refractivity contribution in [2.24, 2.45) is 5.92 Å². The first kappa shape index (κ1) is 14.0. The summed E-state index contributed by atoms with van der Waals surface area (Å²) < 4.78 is 5.51. The molecule has 2 atom stereocenters. The second-order valence-corrected chi connectivity index (χ2v) is 5.16. The molecule has 1 aromatic rings. The van der Waals surface area contributed by atoms with Crippen LogP contribution in [-0.4, -0.2) is 24.4 Å². The SMILES string of the molecule is CCOc1cc(NC2CCCCC2CO)ccc1N. The van der Waals surface area contributed by atoms with Crippen molar-refractivity contribution in [3.05, 3.63) is 18.2 Å². The quantitative estimate of drug-likeness (QED) is 0.715. The number of hydrogen-bond acceptors (Lipinski definition) is 4. The van der Waals surface area contributed by atoms with Crippen molar-refractivity contribution < 1.29 is 9.84 Å². The third-order valence-electron chi connectivity index (χ3n) is 3.81. The average molecular weight is 264 g/mol. The van der Waals surface area contributed by atoms with Crippen LogP contribution in [0.15, 0.2) is 18.2 Å². The fourth-order valence-electron chi connectivity index (χ4n) is 2.73. The largest absolute Gasteiger partial charge is 0.492 e. The molecular formula is C15H24N2O2. The minimum Gasteiger partial charge on any atom is -0.492 e. The number of nitrogen functional groups attached to an aromatic ring is 1. The number of aliphatic hydroxyl groups excluding tert-OH is 1. The molecule has 2 unspecified atom stereocenters. The van der Waals surface area contributed by atoms with Gasteiger partial charge in [0, 0.05) is 30.3 Å². The Bertz CT molecular complexity index is 409. The summed E-state index contributed by atoms with van der Waals surface area (Å²) in [6.45, 7) is 2.81. The smallest absolute Gasteiger partial charge is 0.144 e. The van der Waals surface area contributed by atoms with Crippen LogP contribution in [-0.2, 0) is 0 Å². The molecule has 2 rings (SSSR count). The zero-order valence-corrected chi connectivity index (χ0v) is 11.6. The summed E-state index contributed by atoms with van der Waals surface area (Å²) in [5, 5.41) is 13.0. The summed E-state index contributed by atoms with van der Waals surface area (Å²) in [6.07, 6.45) is 4.65. The van der Waals surface area contributed by atoms with E-state index in [1.165, 1.54) is 12.8 Å². The van der Waals surface area contributed by atoms with Crippen molar-refractivity contribution in [1.29, 1.82) is 0 Å². The van der Waals surface area contributed by atoms with Crippen LogP contribution in [0.25, 0.3) is 0 Å². The van der Waals surface area contributed by atoms with Crippen LogP contribution in [0.2, 0.25) is 0 Å². The predicted octanol–water partition coefficient (Wildman–Crippen LogP) is 2.63. The van der Waals surface area contributed by atoms with Gasteiger partial charge in [-0.1, -0.05) is 12.8 Å². The Balaban J connectivity index is 2.07. The number of nitrogens with two attached hydrogens (primary N) is 1. The van der Waals surface area contributed by atoms with Gasteiger partial charge in [0.25, 0.3) is 0 Å². The average Bonchev–Trinajstić information content (AvgIpc) is 2.43. The molecule has 0 spiro atoms. The van der Waals surface area contributed by atoms with Gasteiger partial charge in [0.15, 0.2) is 0 Å². The first-order valence-electron chi connectivity index (χ1n) is 7.14. The summed E-state index contributed by atoms with van der Waals surface area (Å²) >= 11 is 0. The lowest BCUT2D eigenvalue weighted by Gasteiger charge is -2.31. The highest BCUT2D eigenvalue weighted by Gasteiger charge is 2.24. The summed E-state index contributed by atoms with van der Waals surface area (Å²) in [6, 6.07) is 6.13. The van der Waals surface area contributed by atoms with E-state index in [2.05, 4.69) is 5.32 Å². The van der Waals surface area contributed by atoms with E-state index in [0.29, 0.717) is 24.3 Å². The molecule has 1 saturated carbocycles. The second kappa shape index (κ2) is 6.66. The zero-order chi connectivity index (χ0) is 13.7. The Morgan fingerprint density at radius 1 is 1.37 bits per heavy atom. The van der Waals surface area contributed by atoms with Crippen LogP contribution in [0.3, 0.4) is 0 Å². The molecule has 0 amide bonds. The minimum atomic E-state index is 0.255. The van der Waals surface area contributed by atoms with Crippen LogP contribution in [0, 0.1) is 5.92 Å². The van der Waals surface area contributed by atoms with E-state index < -0.39 is 0 Å². The Kier molecular flexibility index (Phi) is 4.91. The van der Waals surface area contributed by atoms with Gasteiger partial charge in [-0.05, 0) is 31.9 Å². The molecule has 4 nitrogen and oxygen atoms in total. The van der Waals surface area contributed by atoms with Gasteiger partial charge in [0.05, 0.1) is 12.3 Å². The first-order valence-corrected chi connectivity index (χ1v) is 7.14. The van der Waals surface area contributed by atoms with Crippen molar-refractivity contribution in [1.82, 2.24) is 0 Å². The number of hydrogen-bond donors (Lipinski definition) is 3. The fourth-order valence-corrected chi connectivity index (χ4v) is 2.73. The lowest BCUT2D eigenvalue weighted by atomic mass is 9.85. The Morgan fingerprint density at radius 2 is 2.16 bits per heavy atom. The van der Waals surface area contributed by atoms with Gasteiger partial charge >= 0.3 is 0 Å². The van der Waals surface area contributed by atoms with Gasteiger partial charge in [0.1, 0.15) is 5.75 Å². The van der Waals surface area contributed by atoms with Crippen LogP contribution < -0.4 is 15.8 Å². The molecular weight excluding hydrogens is 240 g/mol. The summed E-state index contributed by atoms with van der Waals surface area (Å²) in [7, 11) is 0. The predicted molar refractivity (Wildman–Crippen MR) is 78.5 cm³/mol. The third-order valence-corrected chi connectivity index (χ3v) is 3.81. The van der Waals surface area contributed by atoms with Crippen LogP contribution >= 0.6 is 0 Å². The van der Waals surface area contributed by atoms with Gasteiger partial charge in [-0.25, -0.2) is 0 Å². The zero-order valence-electron chi connectivity index (χ0n) is 11.6. The van der Waals surface area contributed by atoms with Crippen molar-refractivity contribution in [2.75, 3.05) is 24.3 Å². The van der Waals surface area contributed by atoms with E-state index in [1.807, 2.05) is 25.1 Å². The molecule has 0 heterocycles. The monoisotopic (exact) mass is 264 g/mol. The van der Waals surface area contributed by atoms with E-state index in [9.17, 15) is 5.11 Å². The normalized spacial score (nSPS) is 23.1. The van der Waals surface area contributed by atoms with Gasteiger partial charge in [-0.15, -0.1) is 0 Å². The first-order chi connectivity index (χ1) is 9.24. The molecule has 0 aromatic heterocycles. The number of anilines is 2. The van der Waals surface area contributed by atoms with Crippen molar-refractivity contribution in [3.8, 4) is 5.75 Å². The lowest BCUT2D eigenvalue weighted by Crippen LogP contribution is -2.34. The molecule has 0 radical (unpaired) electrons. The van der Waals surface area contributed by atoms with Crippen molar-refractivity contribution >= 4 is 11.4 Å². The maximum atomic E-state index is 9.44. The number of rotatable bonds is 5. The number of aliphatic hydroxyl groups is 1. The molecule has 106 valence electrons. The van der Waals surface area contributed by atoms with Gasteiger partial charge in [-0.3, -0.25) is 0 Å². The van der Waals surface area contributed by atoms with Crippen LogP contribution in [0.4, 0.5) is 11.4 Å². The Morgan fingerprint density at radius 3 is 2.89 bits per heavy atom. The maximum absolute atomic E-state index is 9.44. The molecule has 0 saturated heterocycles. The summed E-state index contributed by atoms with van der Waals surface area (Å²) in [5.41, 5.74) is 7.55. The van der Waals surface area contributed by atoms with Crippen LogP contribution in [0.1, 0.15) is 32.6 Å². The van der Waals surface area contributed by atoms with E-state index in [1.54, 1.807) is 0 Å². The molecule has 4 N–H and O–H groups in total. The molecule has 0 bridgehead atoms. The molecule has 0 aliphatic heterocycles. The van der Waals surface area contributed by atoms with E-state index >= 15 is 0 Å². The van der Waals surface area contributed by atoms with E-state index in [-0.39, 0.29) is 6.61 Å². The fraction of sp³-hybridized carbons (Fsp3) is 0.600. The number of benzene rings is 1. The second-order valence-electron chi connectivity index (χ2n) is 5.16. The van der Waals surface area contributed by atoms with E-state index in [4.69, 9.17) is 10.5 Å². The summed E-state index contributed by atoms with van der Waals surface area (Å²) in [4.78, 5) is 0. The molecule has 4 heteroatoms.